The van der Waals surface area contributed by atoms with Gasteiger partial charge in [0.25, 0.3) is 0 Å². The summed E-state index contributed by atoms with van der Waals surface area (Å²) >= 11 is 0. The Morgan fingerprint density at radius 2 is 1.56 bits per heavy atom. The maximum Gasteiger partial charge on any atom is 0.407 e. The van der Waals surface area contributed by atoms with Crippen LogP contribution in [-0.2, 0) is 38.6 Å². The number of rotatable bonds is 12. The summed E-state index contributed by atoms with van der Waals surface area (Å²) < 4.78 is 10.8. The molecule has 0 aliphatic heterocycles. The maximum atomic E-state index is 12.9. The number of alkyl carbamates (subject to hydrolysis) is 1. The van der Waals surface area contributed by atoms with E-state index in [4.69, 9.17) is 9.47 Å². The summed E-state index contributed by atoms with van der Waals surface area (Å²) in [5, 5.41) is 12.6. The van der Waals surface area contributed by atoms with Crippen molar-refractivity contribution in [3.63, 3.8) is 0 Å². The summed E-state index contributed by atoms with van der Waals surface area (Å²) in [7, 11) is 0. The van der Waals surface area contributed by atoms with E-state index in [0.29, 0.717) is 25.8 Å². The summed E-state index contributed by atoms with van der Waals surface area (Å²) in [6, 6.07) is 17.2. The van der Waals surface area contributed by atoms with Crippen LogP contribution in [0.4, 0.5) is 4.79 Å². The molecule has 196 valence electrons. The third kappa shape index (κ3) is 9.72. The number of carboxylic acid groups (broad SMARTS) is 1. The van der Waals surface area contributed by atoms with Crippen molar-refractivity contribution in [2.24, 2.45) is 17.8 Å². The van der Waals surface area contributed by atoms with Gasteiger partial charge >= 0.3 is 18.0 Å². The first-order chi connectivity index (χ1) is 17.0. The smallest absolute Gasteiger partial charge is 0.407 e. The van der Waals surface area contributed by atoms with E-state index in [2.05, 4.69) is 5.32 Å². The Morgan fingerprint density at radius 1 is 0.944 bits per heavy atom. The van der Waals surface area contributed by atoms with E-state index < -0.39 is 35.5 Å². The molecule has 36 heavy (non-hydrogen) atoms. The number of hydrogen-bond acceptors (Lipinski definition) is 5. The van der Waals surface area contributed by atoms with Crippen molar-refractivity contribution < 1.29 is 29.0 Å². The Hall–Kier alpha value is -3.35. The highest BCUT2D eigenvalue weighted by atomic mass is 16.6. The van der Waals surface area contributed by atoms with Crippen molar-refractivity contribution in [3.8, 4) is 0 Å². The van der Waals surface area contributed by atoms with E-state index >= 15 is 0 Å². The molecule has 2 aromatic rings. The van der Waals surface area contributed by atoms with Crippen LogP contribution in [-0.4, -0.2) is 28.7 Å². The van der Waals surface area contributed by atoms with Crippen LogP contribution in [0.15, 0.2) is 54.6 Å². The third-order valence-electron chi connectivity index (χ3n) is 5.86. The van der Waals surface area contributed by atoms with Gasteiger partial charge in [0.2, 0.25) is 0 Å². The minimum atomic E-state index is -0.987. The predicted octanol–water partition coefficient (Wildman–Crippen LogP) is 5.75. The van der Waals surface area contributed by atoms with Gasteiger partial charge in [-0.1, -0.05) is 68.4 Å². The molecule has 2 rings (SSSR count). The molecule has 2 aromatic carbocycles. The number of ether oxygens (including phenoxy) is 2. The van der Waals surface area contributed by atoms with Crippen LogP contribution in [0.3, 0.4) is 0 Å². The van der Waals surface area contributed by atoms with Crippen molar-refractivity contribution in [2.45, 2.75) is 72.6 Å². The fourth-order valence-corrected chi connectivity index (χ4v) is 4.17. The number of aryl methyl sites for hydroxylation is 1. The predicted molar refractivity (Wildman–Crippen MR) is 138 cm³/mol. The number of esters is 1. The molecule has 0 saturated carbocycles. The summed E-state index contributed by atoms with van der Waals surface area (Å²) in [4.78, 5) is 37.0. The first kappa shape index (κ1) is 28.9. The van der Waals surface area contributed by atoms with Gasteiger partial charge < -0.3 is 19.9 Å². The molecule has 0 radical (unpaired) electrons. The Morgan fingerprint density at radius 3 is 2.14 bits per heavy atom. The van der Waals surface area contributed by atoms with Gasteiger partial charge in [0, 0.05) is 6.54 Å². The van der Waals surface area contributed by atoms with Crippen molar-refractivity contribution in [1.82, 2.24) is 5.32 Å². The Bertz CT molecular complexity index is 996. The Balaban J connectivity index is 1.99. The minimum absolute atomic E-state index is 0.195. The van der Waals surface area contributed by atoms with Crippen molar-refractivity contribution in [1.29, 1.82) is 0 Å². The van der Waals surface area contributed by atoms with Gasteiger partial charge in [0.05, 0.1) is 11.8 Å². The summed E-state index contributed by atoms with van der Waals surface area (Å²) in [5.74, 6) is -3.23. The van der Waals surface area contributed by atoms with Gasteiger partial charge in [-0.3, -0.25) is 9.59 Å². The van der Waals surface area contributed by atoms with Crippen LogP contribution in [0.2, 0.25) is 0 Å². The highest BCUT2D eigenvalue weighted by Gasteiger charge is 2.38. The molecule has 1 unspecified atom stereocenters. The van der Waals surface area contributed by atoms with Crippen molar-refractivity contribution in [2.75, 3.05) is 0 Å². The molecule has 0 spiro atoms. The number of nitrogens with one attached hydrogen (secondary N) is 1. The standard InChI is InChI=1S/C29H39NO6/c1-20(2)25(26(31)32)24(27(33)36-29(3,4)5)17-11-16-22-14-9-10-15-23(22)18-30-28(34)35-19-21-12-7-6-8-13-21/h6-10,12-15,20,24-25H,11,16-19H2,1-5H3,(H,30,34)(H,31,32)/t24?,25-/m1/s1. The number of aliphatic carboxylic acids is 1. The number of carbonyl (C=O) groups is 3. The summed E-state index contributed by atoms with van der Waals surface area (Å²) in [5.41, 5.74) is 2.19. The van der Waals surface area contributed by atoms with Gasteiger partial charge in [-0.25, -0.2) is 4.79 Å². The van der Waals surface area contributed by atoms with Gasteiger partial charge in [-0.2, -0.15) is 0 Å². The van der Waals surface area contributed by atoms with Crippen LogP contribution in [0.25, 0.3) is 0 Å². The number of hydrogen-bond donors (Lipinski definition) is 2. The zero-order valence-electron chi connectivity index (χ0n) is 22.0. The van der Waals surface area contributed by atoms with E-state index in [1.54, 1.807) is 20.8 Å². The summed E-state index contributed by atoms with van der Waals surface area (Å²) in [6.07, 6.45) is 1.14. The lowest BCUT2D eigenvalue weighted by Gasteiger charge is -2.29. The fourth-order valence-electron chi connectivity index (χ4n) is 4.17. The highest BCUT2D eigenvalue weighted by molar-refractivity contribution is 5.81. The molecule has 2 N–H and O–H groups in total. The third-order valence-corrected chi connectivity index (χ3v) is 5.86. The topological polar surface area (TPSA) is 102 Å². The molecule has 0 aliphatic rings. The lowest BCUT2D eigenvalue weighted by Crippen LogP contribution is -2.38. The number of carboxylic acids is 1. The van der Waals surface area contributed by atoms with Gasteiger partial charge in [-0.15, -0.1) is 0 Å². The second kappa shape index (κ2) is 13.7. The SMILES string of the molecule is CC(C)[C@@H](C(=O)O)C(CCCc1ccccc1CNC(=O)OCc1ccccc1)C(=O)OC(C)(C)C. The molecule has 0 bridgehead atoms. The average molecular weight is 498 g/mol. The molecule has 0 aromatic heterocycles. The normalized spacial score (nSPS) is 13.1. The van der Waals surface area contributed by atoms with Crippen LogP contribution >= 0.6 is 0 Å². The molecule has 7 nitrogen and oxygen atoms in total. The molecule has 0 aliphatic carbocycles. The van der Waals surface area contributed by atoms with Gasteiger partial charge in [-0.05, 0) is 62.6 Å². The molecule has 1 amide bonds. The Labute approximate surface area is 214 Å². The minimum Gasteiger partial charge on any atom is -0.481 e. The number of carbonyl (C=O) groups excluding carboxylic acids is 2. The lowest BCUT2D eigenvalue weighted by molar-refractivity contribution is -0.168. The van der Waals surface area contributed by atoms with Crippen LogP contribution in [0.5, 0.6) is 0 Å². The number of amides is 1. The van der Waals surface area contributed by atoms with Gasteiger partial charge in [0.15, 0.2) is 0 Å². The second-order valence-electron chi connectivity index (χ2n) is 10.3. The molecule has 0 fully saturated rings. The van der Waals surface area contributed by atoms with E-state index in [0.717, 1.165) is 16.7 Å². The van der Waals surface area contributed by atoms with E-state index in [-0.39, 0.29) is 12.5 Å². The first-order valence-corrected chi connectivity index (χ1v) is 12.4. The quantitative estimate of drug-likeness (QED) is 0.362. The van der Waals surface area contributed by atoms with E-state index in [1.165, 1.54) is 0 Å². The average Bonchev–Trinajstić information content (AvgIpc) is 2.80. The zero-order chi connectivity index (χ0) is 26.7. The fraction of sp³-hybridized carbons (Fsp3) is 0.483. The van der Waals surface area contributed by atoms with E-state index in [9.17, 15) is 19.5 Å². The van der Waals surface area contributed by atoms with Crippen molar-refractivity contribution in [3.05, 3.63) is 71.3 Å². The second-order valence-corrected chi connectivity index (χ2v) is 10.3. The zero-order valence-corrected chi connectivity index (χ0v) is 22.0. The molecule has 7 heteroatoms. The molecule has 2 atom stereocenters. The van der Waals surface area contributed by atoms with Crippen LogP contribution in [0.1, 0.15) is 64.2 Å². The molecular formula is C29H39NO6. The summed E-state index contributed by atoms with van der Waals surface area (Å²) in [6.45, 7) is 9.47. The lowest BCUT2D eigenvalue weighted by atomic mass is 9.80. The number of benzene rings is 2. The monoisotopic (exact) mass is 497 g/mol. The van der Waals surface area contributed by atoms with Crippen LogP contribution < -0.4 is 5.32 Å². The highest BCUT2D eigenvalue weighted by Crippen LogP contribution is 2.29. The van der Waals surface area contributed by atoms with Crippen LogP contribution in [0, 0.1) is 17.8 Å². The molecule has 0 saturated heterocycles. The molecule has 0 heterocycles. The van der Waals surface area contributed by atoms with E-state index in [1.807, 2.05) is 68.4 Å². The molecular weight excluding hydrogens is 458 g/mol. The van der Waals surface area contributed by atoms with Crippen molar-refractivity contribution >= 4 is 18.0 Å². The first-order valence-electron chi connectivity index (χ1n) is 12.4. The van der Waals surface area contributed by atoms with Gasteiger partial charge in [0.1, 0.15) is 12.2 Å². The largest absolute Gasteiger partial charge is 0.481 e. The Kier molecular flexibility index (Phi) is 11.0. The maximum absolute atomic E-state index is 12.9.